The van der Waals surface area contributed by atoms with E-state index >= 15 is 0 Å². The molecule has 0 aromatic heterocycles. The third-order valence-electron chi connectivity index (χ3n) is 3.03. The number of carbonyl (C=O) groups is 2. The Hall–Kier alpha value is -2.32. The van der Waals surface area contributed by atoms with Gasteiger partial charge in [0.05, 0.1) is 19.3 Å². The normalized spacial score (nSPS) is 14.8. The topological polar surface area (TPSA) is 72.6 Å². The molecule has 1 saturated heterocycles. The van der Waals surface area contributed by atoms with Crippen LogP contribution in [0.15, 0.2) is 18.2 Å². The van der Waals surface area contributed by atoms with Crippen LogP contribution in [-0.2, 0) is 9.59 Å². The van der Waals surface area contributed by atoms with Crippen LogP contribution in [-0.4, -0.2) is 25.5 Å². The van der Waals surface area contributed by atoms with Crippen molar-refractivity contribution in [3.8, 4) is 17.6 Å². The van der Waals surface area contributed by atoms with Crippen LogP contribution >= 0.6 is 0 Å². The van der Waals surface area contributed by atoms with Gasteiger partial charge in [0.15, 0.2) is 0 Å². The van der Waals surface area contributed by atoms with Gasteiger partial charge in [0.25, 0.3) is 0 Å². The lowest BCUT2D eigenvalue weighted by Gasteiger charge is -2.26. The highest BCUT2D eigenvalue weighted by Gasteiger charge is 2.29. The number of piperidine rings is 1. The number of nitrogens with zero attached hydrogens (tertiary/aromatic N) is 1. The van der Waals surface area contributed by atoms with Crippen LogP contribution in [0.2, 0.25) is 0 Å². The molecule has 2 amide bonds. The van der Waals surface area contributed by atoms with Crippen molar-refractivity contribution >= 4 is 17.5 Å². The molecule has 5 heteroatoms. The number of methoxy groups -OCH3 is 1. The fourth-order valence-electron chi connectivity index (χ4n) is 2.12. The van der Waals surface area contributed by atoms with Gasteiger partial charge < -0.3 is 10.5 Å². The second kappa shape index (κ2) is 6.22. The van der Waals surface area contributed by atoms with Crippen molar-refractivity contribution in [1.29, 1.82) is 0 Å². The summed E-state index contributed by atoms with van der Waals surface area (Å²) in [5.41, 5.74) is 6.48. The van der Waals surface area contributed by atoms with E-state index in [9.17, 15) is 9.59 Å². The van der Waals surface area contributed by atoms with Gasteiger partial charge in [-0.05, 0) is 24.6 Å². The van der Waals surface area contributed by atoms with Crippen molar-refractivity contribution in [2.24, 2.45) is 5.73 Å². The summed E-state index contributed by atoms with van der Waals surface area (Å²) < 4.78 is 5.24. The van der Waals surface area contributed by atoms with E-state index in [4.69, 9.17) is 10.5 Å². The highest BCUT2D eigenvalue weighted by atomic mass is 16.5. The minimum atomic E-state index is -0.205. The Balaban J connectivity index is 2.46. The van der Waals surface area contributed by atoms with Crippen LogP contribution in [0.1, 0.15) is 24.8 Å². The Morgan fingerprint density at radius 2 is 2.00 bits per heavy atom. The van der Waals surface area contributed by atoms with Gasteiger partial charge in [-0.25, -0.2) is 4.90 Å². The quantitative estimate of drug-likeness (QED) is 0.645. The molecular weight excluding hydrogens is 256 g/mol. The molecule has 0 atom stereocenters. The first-order valence-corrected chi connectivity index (χ1v) is 6.40. The summed E-state index contributed by atoms with van der Waals surface area (Å²) in [6.45, 7) is 0.253. The zero-order chi connectivity index (χ0) is 14.5. The zero-order valence-electron chi connectivity index (χ0n) is 11.3. The summed E-state index contributed by atoms with van der Waals surface area (Å²) >= 11 is 0. The first kappa shape index (κ1) is 14.1. The van der Waals surface area contributed by atoms with Crippen molar-refractivity contribution in [2.75, 3.05) is 18.6 Å². The summed E-state index contributed by atoms with van der Waals surface area (Å²) in [6, 6.07) is 5.15. The van der Waals surface area contributed by atoms with Gasteiger partial charge in [-0.1, -0.05) is 11.8 Å². The fraction of sp³-hybridized carbons (Fsp3) is 0.333. The Kier molecular flexibility index (Phi) is 4.38. The van der Waals surface area contributed by atoms with E-state index < -0.39 is 0 Å². The number of hydrogen-bond acceptors (Lipinski definition) is 4. The van der Waals surface area contributed by atoms with Crippen LogP contribution in [0.4, 0.5) is 5.69 Å². The molecule has 0 spiro atoms. The highest BCUT2D eigenvalue weighted by Crippen LogP contribution is 2.32. The first-order chi connectivity index (χ1) is 9.67. The monoisotopic (exact) mass is 272 g/mol. The molecule has 1 aliphatic rings. The molecule has 104 valence electrons. The largest absolute Gasteiger partial charge is 0.495 e. The summed E-state index contributed by atoms with van der Waals surface area (Å²) in [5.74, 6) is 5.70. The second-order valence-corrected chi connectivity index (χ2v) is 4.37. The maximum absolute atomic E-state index is 12.0. The third kappa shape index (κ3) is 2.81. The van der Waals surface area contributed by atoms with Gasteiger partial charge in [-0.2, -0.15) is 0 Å². The first-order valence-electron chi connectivity index (χ1n) is 6.40. The van der Waals surface area contributed by atoms with Crippen molar-refractivity contribution in [2.45, 2.75) is 19.3 Å². The molecule has 1 fully saturated rings. The van der Waals surface area contributed by atoms with E-state index in [2.05, 4.69) is 11.8 Å². The lowest BCUT2D eigenvalue weighted by atomic mass is 10.1. The fourth-order valence-corrected chi connectivity index (χ4v) is 2.12. The van der Waals surface area contributed by atoms with E-state index in [0.29, 0.717) is 36.3 Å². The van der Waals surface area contributed by atoms with Gasteiger partial charge in [-0.15, -0.1) is 0 Å². The van der Waals surface area contributed by atoms with Gasteiger partial charge in [-0.3, -0.25) is 9.59 Å². The van der Waals surface area contributed by atoms with Gasteiger partial charge in [0, 0.05) is 18.4 Å². The number of imide groups is 1. The van der Waals surface area contributed by atoms with Crippen LogP contribution in [0.25, 0.3) is 0 Å². The minimum Gasteiger partial charge on any atom is -0.495 e. The van der Waals surface area contributed by atoms with Crippen molar-refractivity contribution in [1.82, 2.24) is 0 Å². The molecular formula is C15H16N2O3. The summed E-state index contributed by atoms with van der Waals surface area (Å²) in [4.78, 5) is 25.2. The molecule has 1 aliphatic heterocycles. The molecule has 0 saturated carbocycles. The number of amides is 2. The Morgan fingerprint density at radius 1 is 1.30 bits per heavy atom. The molecule has 0 aliphatic carbocycles. The number of ether oxygens (including phenoxy) is 1. The predicted molar refractivity (Wildman–Crippen MR) is 75.3 cm³/mol. The van der Waals surface area contributed by atoms with Gasteiger partial charge in [0.1, 0.15) is 5.75 Å². The molecule has 0 unspecified atom stereocenters. The van der Waals surface area contributed by atoms with E-state index in [0.717, 1.165) is 0 Å². The van der Waals surface area contributed by atoms with E-state index in [1.807, 2.05) is 0 Å². The molecule has 1 aromatic carbocycles. The van der Waals surface area contributed by atoms with Crippen LogP contribution < -0.4 is 15.4 Å². The molecule has 1 heterocycles. The average Bonchev–Trinajstić information content (AvgIpc) is 2.45. The van der Waals surface area contributed by atoms with Gasteiger partial charge in [0.2, 0.25) is 11.8 Å². The standard InChI is InChI=1S/C15H16N2O3/c1-20-13-8-7-11(4-3-9-16)10-12(13)17-14(18)5-2-6-15(17)19/h7-8,10H,2,5-6,9,16H2,1H3. The third-order valence-corrected chi connectivity index (χ3v) is 3.03. The number of nitrogens with two attached hydrogens (primary N) is 1. The van der Waals surface area contributed by atoms with Crippen molar-refractivity contribution < 1.29 is 14.3 Å². The Morgan fingerprint density at radius 3 is 2.60 bits per heavy atom. The molecule has 0 bridgehead atoms. The maximum Gasteiger partial charge on any atom is 0.233 e. The van der Waals surface area contributed by atoms with Crippen LogP contribution in [0.3, 0.4) is 0 Å². The average molecular weight is 272 g/mol. The molecule has 5 nitrogen and oxygen atoms in total. The summed E-state index contributed by atoms with van der Waals surface area (Å²) in [7, 11) is 1.50. The summed E-state index contributed by atoms with van der Waals surface area (Å²) in [5, 5.41) is 0. The van der Waals surface area contributed by atoms with Crippen molar-refractivity contribution in [3.05, 3.63) is 23.8 Å². The van der Waals surface area contributed by atoms with E-state index in [-0.39, 0.29) is 18.4 Å². The molecule has 0 radical (unpaired) electrons. The molecule has 20 heavy (non-hydrogen) atoms. The maximum atomic E-state index is 12.0. The molecule has 2 rings (SSSR count). The molecule has 2 N–H and O–H groups in total. The lowest BCUT2D eigenvalue weighted by Crippen LogP contribution is -2.40. The Bertz CT molecular complexity index is 583. The number of rotatable bonds is 2. The summed E-state index contributed by atoms with van der Waals surface area (Å²) in [6.07, 6.45) is 1.34. The van der Waals surface area contributed by atoms with Crippen LogP contribution in [0.5, 0.6) is 5.75 Å². The van der Waals surface area contributed by atoms with E-state index in [1.54, 1.807) is 18.2 Å². The number of hydrogen-bond donors (Lipinski definition) is 1. The minimum absolute atomic E-state index is 0.205. The van der Waals surface area contributed by atoms with Crippen molar-refractivity contribution in [3.63, 3.8) is 0 Å². The zero-order valence-corrected chi connectivity index (χ0v) is 11.3. The predicted octanol–water partition coefficient (Wildman–Crippen LogP) is 1.05. The Labute approximate surface area is 117 Å². The lowest BCUT2D eigenvalue weighted by molar-refractivity contribution is -0.129. The highest BCUT2D eigenvalue weighted by molar-refractivity contribution is 6.17. The number of benzene rings is 1. The smallest absolute Gasteiger partial charge is 0.233 e. The number of anilines is 1. The van der Waals surface area contributed by atoms with Crippen LogP contribution in [0, 0.1) is 11.8 Å². The number of carbonyl (C=O) groups excluding carboxylic acids is 2. The SMILES string of the molecule is COc1ccc(C#CCN)cc1N1C(=O)CCCC1=O. The molecule has 1 aromatic rings. The van der Waals surface area contributed by atoms with Gasteiger partial charge >= 0.3 is 0 Å². The van der Waals surface area contributed by atoms with E-state index in [1.165, 1.54) is 12.0 Å². The second-order valence-electron chi connectivity index (χ2n) is 4.37.